The smallest absolute Gasteiger partial charge is 0.0760 e. The topological polar surface area (TPSA) is 23.1 Å². The van der Waals surface area contributed by atoms with Crippen molar-refractivity contribution < 1.29 is 5.21 Å². The highest BCUT2D eigenvalue weighted by Crippen LogP contribution is 2.46. The summed E-state index contributed by atoms with van der Waals surface area (Å²) in [5, 5.41) is 13.0. The van der Waals surface area contributed by atoms with Crippen molar-refractivity contribution in [2.75, 3.05) is 0 Å². The molecule has 1 aliphatic heterocycles. The normalized spacial score (nSPS) is 28.2. The molecule has 0 saturated heterocycles. The van der Waals surface area contributed by atoms with E-state index >= 15 is 0 Å². The molecule has 0 saturated carbocycles. The molecule has 1 heterocycles. The van der Waals surface area contributed by atoms with Gasteiger partial charge in [-0.25, -0.2) is 0 Å². The summed E-state index contributed by atoms with van der Waals surface area (Å²) in [5.74, 6) is 0. The minimum absolute atomic E-state index is 0.373. The largest absolute Gasteiger partial charge is 0.135 e. The molecule has 1 radical (unpaired) electrons. The predicted molar refractivity (Wildman–Crippen MR) is 52.3 cm³/mol. The molecule has 1 aliphatic rings. The number of hydroxylamine groups is 2. The zero-order valence-electron chi connectivity index (χ0n) is 8.23. The number of halogens is 1. The van der Waals surface area contributed by atoms with Gasteiger partial charge in [0.25, 0.3) is 0 Å². The van der Waals surface area contributed by atoms with Gasteiger partial charge in [-0.2, -0.15) is 0 Å². The molecule has 0 fully saturated rings. The Morgan fingerprint density at radius 2 is 1.58 bits per heavy atom. The van der Waals surface area contributed by atoms with Crippen molar-refractivity contribution in [1.82, 2.24) is 5.06 Å². The summed E-state index contributed by atoms with van der Waals surface area (Å²) in [4.78, 5) is 0. The molecule has 0 unspecified atom stereocenters. The average molecular weight is 233 g/mol. The maximum Gasteiger partial charge on any atom is 0.0760 e. The van der Waals surface area contributed by atoms with Crippen molar-refractivity contribution in [3.8, 4) is 0 Å². The maximum atomic E-state index is 11.8. The summed E-state index contributed by atoms with van der Waals surface area (Å²) in [6, 6.07) is 0. The molecule has 0 atom stereocenters. The first-order valence-corrected chi connectivity index (χ1v) is 4.86. The van der Waals surface area contributed by atoms with Crippen LogP contribution in [0.5, 0.6) is 0 Å². The number of nitrogens with zero attached hydrogens (tertiary/aromatic N) is 1. The molecule has 2 nitrogen and oxygen atoms in total. The monoisotopic (exact) mass is 232 g/mol. The lowest BCUT2D eigenvalue weighted by Crippen LogP contribution is -2.47. The van der Waals surface area contributed by atoms with E-state index in [-0.39, 0.29) is 5.54 Å². The Bertz CT molecular complexity index is 219. The van der Waals surface area contributed by atoms with Crippen LogP contribution in [0.2, 0.25) is 0 Å². The summed E-state index contributed by atoms with van der Waals surface area (Å²) in [5.41, 5.74) is 0.345. The lowest BCUT2D eigenvalue weighted by molar-refractivity contribution is -0.238. The van der Waals surface area contributed by atoms with Gasteiger partial charge in [0, 0.05) is 4.48 Å². The zero-order chi connectivity index (χ0) is 9.73. The Labute approximate surface area is 82.3 Å². The molecular formula is C9H15BrNO. The van der Waals surface area contributed by atoms with E-state index in [0.717, 1.165) is 15.1 Å². The molecule has 0 aromatic heterocycles. The number of hydrogen-bond donors (Lipinski definition) is 0. The second-order valence-electron chi connectivity index (χ2n) is 4.35. The van der Waals surface area contributed by atoms with Crippen molar-refractivity contribution in [3.63, 3.8) is 0 Å². The van der Waals surface area contributed by atoms with Crippen molar-refractivity contribution in [2.24, 2.45) is 0 Å². The van der Waals surface area contributed by atoms with Crippen LogP contribution < -0.4 is 0 Å². The van der Waals surface area contributed by atoms with Gasteiger partial charge < -0.3 is 0 Å². The number of rotatable bonds is 0. The van der Waals surface area contributed by atoms with E-state index in [9.17, 15) is 5.21 Å². The highest BCUT2D eigenvalue weighted by atomic mass is 79.9. The molecule has 0 aromatic carbocycles. The molecule has 0 spiro atoms. The predicted octanol–water partition coefficient (Wildman–Crippen LogP) is 2.87. The molecule has 0 amide bonds. The van der Waals surface area contributed by atoms with Crippen molar-refractivity contribution >= 4 is 15.9 Å². The highest BCUT2D eigenvalue weighted by Gasteiger charge is 2.49. The second-order valence-corrected chi connectivity index (χ2v) is 5.14. The highest BCUT2D eigenvalue weighted by molar-refractivity contribution is 9.11. The summed E-state index contributed by atoms with van der Waals surface area (Å²) in [6.45, 7) is 9.77. The maximum absolute atomic E-state index is 11.8. The van der Waals surface area contributed by atoms with Crippen LogP contribution in [-0.2, 0) is 5.21 Å². The summed E-state index contributed by atoms with van der Waals surface area (Å²) < 4.78 is 1.02. The molecule has 0 N–H and O–H groups in total. The van der Waals surface area contributed by atoms with Crippen molar-refractivity contribution in [3.05, 3.63) is 10.1 Å². The minimum Gasteiger partial charge on any atom is -0.135 e. The van der Waals surface area contributed by atoms with E-state index < -0.39 is 5.54 Å². The van der Waals surface area contributed by atoms with Gasteiger partial charge in [0.15, 0.2) is 0 Å². The first-order valence-electron chi connectivity index (χ1n) is 4.07. The Morgan fingerprint density at radius 3 is 1.67 bits per heavy atom. The Morgan fingerprint density at radius 1 is 1.17 bits per heavy atom. The third-order valence-corrected chi connectivity index (χ3v) is 4.36. The summed E-state index contributed by atoms with van der Waals surface area (Å²) in [6.07, 6.45) is 0. The van der Waals surface area contributed by atoms with E-state index in [0.29, 0.717) is 0 Å². The van der Waals surface area contributed by atoms with Crippen LogP contribution in [0, 0.1) is 0 Å². The molecule has 0 bridgehead atoms. The molecule has 0 aromatic rings. The Hall–Kier alpha value is 0.140. The van der Waals surface area contributed by atoms with Gasteiger partial charge in [0.2, 0.25) is 0 Å². The van der Waals surface area contributed by atoms with Crippen LogP contribution in [0.1, 0.15) is 34.6 Å². The van der Waals surface area contributed by atoms with E-state index in [4.69, 9.17) is 0 Å². The third kappa shape index (κ3) is 1.07. The van der Waals surface area contributed by atoms with Gasteiger partial charge in [-0.15, -0.1) is 10.3 Å². The molecule has 69 valence electrons. The quantitative estimate of drug-likeness (QED) is 0.630. The summed E-state index contributed by atoms with van der Waals surface area (Å²) >= 11 is 3.48. The minimum atomic E-state index is -0.409. The summed E-state index contributed by atoms with van der Waals surface area (Å²) in [7, 11) is 0. The number of hydrogen-bond acceptors (Lipinski definition) is 1. The fraction of sp³-hybridized carbons (Fsp3) is 0.778. The zero-order valence-corrected chi connectivity index (χ0v) is 9.82. The van der Waals surface area contributed by atoms with Crippen molar-refractivity contribution in [2.45, 2.75) is 45.7 Å². The fourth-order valence-electron chi connectivity index (χ4n) is 1.67. The Balaban J connectivity index is 3.22. The first-order chi connectivity index (χ1) is 5.22. The van der Waals surface area contributed by atoms with Crippen LogP contribution in [0.3, 0.4) is 0 Å². The standard InChI is InChI=1S/C9H15BrNO/c1-6-7(10)9(4,5)11(12)8(6,2)3/h1-5H3. The second kappa shape index (κ2) is 2.56. The lowest BCUT2D eigenvalue weighted by atomic mass is 9.99. The fourth-order valence-corrected chi connectivity index (χ4v) is 2.31. The SMILES string of the molecule is CC1=C(Br)C(C)(C)N([O])C1(C)C. The van der Waals surface area contributed by atoms with E-state index in [1.54, 1.807) is 0 Å². The van der Waals surface area contributed by atoms with Gasteiger partial charge in [-0.3, -0.25) is 0 Å². The van der Waals surface area contributed by atoms with Crippen LogP contribution >= 0.6 is 15.9 Å². The van der Waals surface area contributed by atoms with Crippen LogP contribution in [-0.4, -0.2) is 16.1 Å². The van der Waals surface area contributed by atoms with Gasteiger partial charge in [-0.05, 0) is 40.2 Å². The molecule has 1 rings (SSSR count). The van der Waals surface area contributed by atoms with Crippen LogP contribution in [0.25, 0.3) is 0 Å². The van der Waals surface area contributed by atoms with Gasteiger partial charge in [-0.1, -0.05) is 15.9 Å². The van der Waals surface area contributed by atoms with E-state index in [1.165, 1.54) is 0 Å². The van der Waals surface area contributed by atoms with E-state index in [2.05, 4.69) is 15.9 Å². The van der Waals surface area contributed by atoms with Crippen molar-refractivity contribution in [1.29, 1.82) is 0 Å². The van der Waals surface area contributed by atoms with Crippen LogP contribution in [0.4, 0.5) is 0 Å². The first kappa shape index (κ1) is 10.2. The average Bonchev–Trinajstić information content (AvgIpc) is 2.06. The van der Waals surface area contributed by atoms with Gasteiger partial charge >= 0.3 is 0 Å². The van der Waals surface area contributed by atoms with Gasteiger partial charge in [0.05, 0.1) is 11.1 Å². The molecule has 0 aliphatic carbocycles. The van der Waals surface area contributed by atoms with Crippen LogP contribution in [0.15, 0.2) is 10.1 Å². The third-order valence-electron chi connectivity index (χ3n) is 2.80. The van der Waals surface area contributed by atoms with Gasteiger partial charge in [0.1, 0.15) is 0 Å². The molecule has 3 heteroatoms. The lowest BCUT2D eigenvalue weighted by Gasteiger charge is -2.33. The Kier molecular flexibility index (Phi) is 2.18. The van der Waals surface area contributed by atoms with E-state index in [1.807, 2.05) is 34.6 Å². The molecular weight excluding hydrogens is 218 g/mol. The molecule has 12 heavy (non-hydrogen) atoms.